The fourth-order valence-corrected chi connectivity index (χ4v) is 3.37. The lowest BCUT2D eigenvalue weighted by atomic mass is 9.70. The molecule has 0 amide bonds. The molecule has 4 heteroatoms. The molecular formula is C13H22F3N. The molecule has 0 aliphatic heterocycles. The summed E-state index contributed by atoms with van der Waals surface area (Å²) in [5, 5.41) is 0. The first-order chi connectivity index (χ1) is 7.98. The molecule has 0 bridgehead atoms. The molecule has 2 N–H and O–H groups in total. The van der Waals surface area contributed by atoms with Gasteiger partial charge in [-0.1, -0.05) is 32.1 Å². The van der Waals surface area contributed by atoms with E-state index in [2.05, 4.69) is 0 Å². The van der Waals surface area contributed by atoms with E-state index < -0.39 is 12.1 Å². The number of hydrogen-bond donors (Lipinski definition) is 1. The van der Waals surface area contributed by atoms with Gasteiger partial charge in [-0.25, -0.2) is 0 Å². The van der Waals surface area contributed by atoms with Crippen LogP contribution < -0.4 is 5.73 Å². The van der Waals surface area contributed by atoms with Gasteiger partial charge in [0.05, 0.1) is 5.92 Å². The molecule has 3 unspecified atom stereocenters. The molecule has 0 aromatic carbocycles. The largest absolute Gasteiger partial charge is 0.392 e. The van der Waals surface area contributed by atoms with E-state index in [0.717, 1.165) is 25.7 Å². The van der Waals surface area contributed by atoms with Crippen LogP contribution in [0.4, 0.5) is 13.2 Å². The van der Waals surface area contributed by atoms with Gasteiger partial charge in [-0.05, 0) is 31.1 Å². The van der Waals surface area contributed by atoms with Gasteiger partial charge in [0.25, 0.3) is 0 Å². The number of alkyl halides is 3. The predicted octanol–water partition coefficient (Wildman–Crippen LogP) is 3.87. The van der Waals surface area contributed by atoms with E-state index in [1.54, 1.807) is 0 Å². The highest BCUT2D eigenvalue weighted by Crippen LogP contribution is 2.44. The van der Waals surface area contributed by atoms with Crippen LogP contribution in [0.5, 0.6) is 0 Å². The van der Waals surface area contributed by atoms with Crippen molar-refractivity contribution in [3.63, 3.8) is 0 Å². The fraction of sp³-hybridized carbons (Fsp3) is 1.00. The normalized spacial score (nSPS) is 33.2. The lowest BCUT2D eigenvalue weighted by molar-refractivity contribution is -0.199. The molecule has 0 aromatic heterocycles. The maximum atomic E-state index is 12.9. The van der Waals surface area contributed by atoms with Crippen molar-refractivity contribution in [3.8, 4) is 0 Å². The Kier molecular flexibility index (Phi) is 4.01. The summed E-state index contributed by atoms with van der Waals surface area (Å²) in [6.45, 7) is 0. The van der Waals surface area contributed by atoms with Crippen molar-refractivity contribution in [2.45, 2.75) is 63.6 Å². The summed E-state index contributed by atoms with van der Waals surface area (Å²) < 4.78 is 38.8. The fourth-order valence-electron chi connectivity index (χ4n) is 3.37. The molecule has 2 rings (SSSR count). The molecule has 2 saturated carbocycles. The summed E-state index contributed by atoms with van der Waals surface area (Å²) in [4.78, 5) is 0. The van der Waals surface area contributed by atoms with Crippen LogP contribution in [0.3, 0.4) is 0 Å². The van der Waals surface area contributed by atoms with Crippen LogP contribution in [0.1, 0.15) is 51.4 Å². The highest BCUT2D eigenvalue weighted by atomic mass is 19.4. The predicted molar refractivity (Wildman–Crippen MR) is 61.4 cm³/mol. The topological polar surface area (TPSA) is 26.0 Å². The standard InChI is InChI=1S/C13H22F3N/c14-13(15,16)11-7-2-1-6-10(11)12(17)8-9-4-3-5-9/h9-12H,1-8,17H2. The quantitative estimate of drug-likeness (QED) is 0.807. The summed E-state index contributed by atoms with van der Waals surface area (Å²) in [5.41, 5.74) is 6.05. The van der Waals surface area contributed by atoms with Crippen molar-refractivity contribution in [2.75, 3.05) is 0 Å². The van der Waals surface area contributed by atoms with Gasteiger partial charge >= 0.3 is 6.18 Å². The minimum atomic E-state index is -4.05. The van der Waals surface area contributed by atoms with Gasteiger partial charge in [-0.2, -0.15) is 13.2 Å². The molecule has 100 valence electrons. The minimum absolute atomic E-state index is 0.243. The van der Waals surface area contributed by atoms with Gasteiger partial charge in [0.1, 0.15) is 0 Å². The Morgan fingerprint density at radius 1 is 1.00 bits per heavy atom. The molecule has 0 radical (unpaired) electrons. The lowest BCUT2D eigenvalue weighted by Crippen LogP contribution is -2.44. The second kappa shape index (κ2) is 5.17. The minimum Gasteiger partial charge on any atom is -0.327 e. The Labute approximate surface area is 101 Å². The summed E-state index contributed by atoms with van der Waals surface area (Å²) in [5.74, 6) is -0.878. The van der Waals surface area contributed by atoms with Gasteiger partial charge in [-0.3, -0.25) is 0 Å². The molecule has 2 aliphatic rings. The average Bonchev–Trinajstić information content (AvgIpc) is 2.22. The third-order valence-electron chi connectivity index (χ3n) is 4.62. The van der Waals surface area contributed by atoms with Crippen LogP contribution in [0.25, 0.3) is 0 Å². The Bertz CT molecular complexity index is 248. The van der Waals surface area contributed by atoms with Crippen molar-refractivity contribution >= 4 is 0 Å². The van der Waals surface area contributed by atoms with Gasteiger partial charge in [0, 0.05) is 6.04 Å². The van der Waals surface area contributed by atoms with Gasteiger partial charge in [0.2, 0.25) is 0 Å². The molecular weight excluding hydrogens is 227 g/mol. The molecule has 0 aromatic rings. The lowest BCUT2D eigenvalue weighted by Gasteiger charge is -2.39. The van der Waals surface area contributed by atoms with Gasteiger partial charge in [-0.15, -0.1) is 0 Å². The number of halogens is 3. The highest BCUT2D eigenvalue weighted by molar-refractivity contribution is 4.89. The summed E-state index contributed by atoms with van der Waals surface area (Å²) in [6, 6.07) is -0.243. The Balaban J connectivity index is 1.94. The van der Waals surface area contributed by atoms with Crippen LogP contribution in [-0.4, -0.2) is 12.2 Å². The Morgan fingerprint density at radius 3 is 2.18 bits per heavy atom. The SMILES string of the molecule is NC(CC1CCC1)C1CCCCC1C(F)(F)F. The molecule has 0 saturated heterocycles. The van der Waals surface area contributed by atoms with Crippen molar-refractivity contribution < 1.29 is 13.2 Å². The Morgan fingerprint density at radius 2 is 1.65 bits per heavy atom. The number of nitrogens with two attached hydrogens (primary N) is 1. The molecule has 2 fully saturated rings. The van der Waals surface area contributed by atoms with Crippen molar-refractivity contribution in [2.24, 2.45) is 23.5 Å². The Hall–Kier alpha value is -0.250. The van der Waals surface area contributed by atoms with Gasteiger partial charge < -0.3 is 5.73 Å². The van der Waals surface area contributed by atoms with E-state index in [4.69, 9.17) is 5.73 Å². The van der Waals surface area contributed by atoms with E-state index in [9.17, 15) is 13.2 Å². The van der Waals surface area contributed by atoms with Crippen LogP contribution in [0, 0.1) is 17.8 Å². The zero-order valence-corrected chi connectivity index (χ0v) is 10.2. The number of rotatable bonds is 3. The van der Waals surface area contributed by atoms with E-state index in [-0.39, 0.29) is 18.4 Å². The van der Waals surface area contributed by atoms with Crippen LogP contribution in [-0.2, 0) is 0 Å². The van der Waals surface area contributed by atoms with Gasteiger partial charge in [0.15, 0.2) is 0 Å². The van der Waals surface area contributed by atoms with E-state index in [1.165, 1.54) is 6.42 Å². The van der Waals surface area contributed by atoms with Crippen molar-refractivity contribution in [1.82, 2.24) is 0 Å². The average molecular weight is 249 g/mol. The number of hydrogen-bond acceptors (Lipinski definition) is 1. The highest BCUT2D eigenvalue weighted by Gasteiger charge is 2.47. The molecule has 17 heavy (non-hydrogen) atoms. The second-order valence-corrected chi connectivity index (χ2v) is 5.79. The first-order valence-corrected chi connectivity index (χ1v) is 6.81. The smallest absolute Gasteiger partial charge is 0.327 e. The molecule has 0 heterocycles. The second-order valence-electron chi connectivity index (χ2n) is 5.79. The molecule has 3 atom stereocenters. The summed E-state index contributed by atoms with van der Waals surface area (Å²) in [6.07, 6.45) is 2.87. The first kappa shape index (κ1) is 13.2. The molecule has 0 spiro atoms. The third kappa shape index (κ3) is 3.15. The van der Waals surface area contributed by atoms with Crippen LogP contribution in [0.2, 0.25) is 0 Å². The zero-order valence-electron chi connectivity index (χ0n) is 10.2. The van der Waals surface area contributed by atoms with E-state index >= 15 is 0 Å². The van der Waals surface area contributed by atoms with Crippen molar-refractivity contribution in [3.05, 3.63) is 0 Å². The molecule has 2 aliphatic carbocycles. The van der Waals surface area contributed by atoms with E-state index in [1.807, 2.05) is 0 Å². The zero-order chi connectivity index (χ0) is 12.5. The molecule has 1 nitrogen and oxygen atoms in total. The van der Waals surface area contributed by atoms with Crippen molar-refractivity contribution in [1.29, 1.82) is 0 Å². The van der Waals surface area contributed by atoms with E-state index in [0.29, 0.717) is 18.8 Å². The monoisotopic (exact) mass is 249 g/mol. The summed E-state index contributed by atoms with van der Waals surface area (Å²) >= 11 is 0. The van der Waals surface area contributed by atoms with Crippen LogP contribution in [0.15, 0.2) is 0 Å². The summed E-state index contributed by atoms with van der Waals surface area (Å²) in [7, 11) is 0. The maximum absolute atomic E-state index is 12.9. The maximum Gasteiger partial charge on any atom is 0.392 e. The first-order valence-electron chi connectivity index (χ1n) is 6.81. The third-order valence-corrected chi connectivity index (χ3v) is 4.62. The van der Waals surface area contributed by atoms with Crippen LogP contribution >= 0.6 is 0 Å².